The molecule has 2 aromatic carbocycles. The van der Waals surface area contributed by atoms with Crippen LogP contribution in [0, 0.1) is 6.92 Å². The van der Waals surface area contributed by atoms with Gasteiger partial charge < -0.3 is 5.32 Å². The summed E-state index contributed by atoms with van der Waals surface area (Å²) in [7, 11) is 1.96. The fourth-order valence-corrected chi connectivity index (χ4v) is 2.42. The smallest absolute Gasteiger partial charge is 0.234 e. The van der Waals surface area contributed by atoms with E-state index in [0.29, 0.717) is 6.54 Å². The molecule has 0 unspecified atom stereocenters. The first-order valence-corrected chi connectivity index (χ1v) is 7.63. The van der Waals surface area contributed by atoms with Crippen LogP contribution in [0.3, 0.4) is 0 Å². The number of benzene rings is 2. The van der Waals surface area contributed by atoms with E-state index in [1.54, 1.807) is 0 Å². The van der Waals surface area contributed by atoms with Crippen LogP contribution in [0.15, 0.2) is 54.6 Å². The lowest BCUT2D eigenvalue weighted by Gasteiger charge is -2.19. The van der Waals surface area contributed by atoms with Crippen LogP contribution in [-0.4, -0.2) is 24.4 Å². The van der Waals surface area contributed by atoms with Crippen molar-refractivity contribution in [2.24, 2.45) is 0 Å². The van der Waals surface area contributed by atoms with Gasteiger partial charge in [0.1, 0.15) is 0 Å². The van der Waals surface area contributed by atoms with E-state index < -0.39 is 0 Å². The zero-order chi connectivity index (χ0) is 15.9. The van der Waals surface area contributed by atoms with E-state index in [0.717, 1.165) is 12.1 Å². The van der Waals surface area contributed by atoms with Crippen LogP contribution < -0.4 is 5.32 Å². The first-order valence-electron chi connectivity index (χ1n) is 7.63. The van der Waals surface area contributed by atoms with Gasteiger partial charge in [-0.1, -0.05) is 60.2 Å². The molecule has 1 N–H and O–H groups in total. The molecule has 22 heavy (non-hydrogen) atoms. The summed E-state index contributed by atoms with van der Waals surface area (Å²) in [6.07, 6.45) is 0. The number of nitrogens with one attached hydrogen (secondary N) is 1. The lowest BCUT2D eigenvalue weighted by Crippen LogP contribution is -2.36. The molecule has 0 aromatic heterocycles. The molecule has 1 amide bonds. The van der Waals surface area contributed by atoms with Gasteiger partial charge in [0.2, 0.25) is 5.91 Å². The van der Waals surface area contributed by atoms with E-state index in [2.05, 4.69) is 36.5 Å². The van der Waals surface area contributed by atoms with Gasteiger partial charge in [0.15, 0.2) is 0 Å². The van der Waals surface area contributed by atoms with Gasteiger partial charge in [-0.05, 0) is 32.0 Å². The standard InChI is InChI=1S/C19H24N2O/c1-15-9-11-17(12-10-15)13-21(3)14-19(22)20-16(2)18-7-5-4-6-8-18/h4-12,16H,13-14H2,1-3H3,(H,20,22)/t16-/m1/s1. The van der Waals surface area contributed by atoms with Crippen LogP contribution in [0.4, 0.5) is 0 Å². The molecule has 116 valence electrons. The van der Waals surface area contributed by atoms with E-state index in [4.69, 9.17) is 0 Å². The Balaban J connectivity index is 1.82. The van der Waals surface area contributed by atoms with Gasteiger partial charge in [-0.3, -0.25) is 9.69 Å². The van der Waals surface area contributed by atoms with Gasteiger partial charge in [-0.25, -0.2) is 0 Å². The fourth-order valence-electron chi connectivity index (χ4n) is 2.42. The highest BCUT2D eigenvalue weighted by molar-refractivity contribution is 5.78. The van der Waals surface area contributed by atoms with Crippen LogP contribution in [0.1, 0.15) is 29.7 Å². The van der Waals surface area contributed by atoms with Gasteiger partial charge in [-0.15, -0.1) is 0 Å². The maximum absolute atomic E-state index is 12.1. The lowest BCUT2D eigenvalue weighted by atomic mass is 10.1. The predicted molar refractivity (Wildman–Crippen MR) is 90.5 cm³/mol. The third-order valence-corrected chi connectivity index (χ3v) is 3.66. The number of amides is 1. The van der Waals surface area contributed by atoms with Crippen molar-refractivity contribution in [3.05, 3.63) is 71.3 Å². The number of carbonyl (C=O) groups is 1. The zero-order valence-electron chi connectivity index (χ0n) is 13.5. The molecule has 0 saturated heterocycles. The summed E-state index contributed by atoms with van der Waals surface area (Å²) in [5, 5.41) is 3.04. The van der Waals surface area contributed by atoms with Crippen molar-refractivity contribution in [2.75, 3.05) is 13.6 Å². The molecule has 0 saturated carbocycles. The van der Waals surface area contributed by atoms with Gasteiger partial charge in [0.05, 0.1) is 12.6 Å². The van der Waals surface area contributed by atoms with Crippen LogP contribution >= 0.6 is 0 Å². The van der Waals surface area contributed by atoms with Crippen molar-refractivity contribution in [2.45, 2.75) is 26.4 Å². The highest BCUT2D eigenvalue weighted by Crippen LogP contribution is 2.11. The first kappa shape index (κ1) is 16.2. The summed E-state index contributed by atoms with van der Waals surface area (Å²) in [5.74, 6) is 0.0472. The van der Waals surface area contributed by atoms with Crippen LogP contribution in [0.2, 0.25) is 0 Å². The summed E-state index contributed by atoms with van der Waals surface area (Å²) < 4.78 is 0. The molecular formula is C19H24N2O. The minimum Gasteiger partial charge on any atom is -0.348 e. The van der Waals surface area contributed by atoms with Gasteiger partial charge >= 0.3 is 0 Å². The normalized spacial score (nSPS) is 12.2. The van der Waals surface area contributed by atoms with E-state index in [-0.39, 0.29) is 11.9 Å². The topological polar surface area (TPSA) is 32.3 Å². The number of carbonyl (C=O) groups excluding carboxylic acids is 1. The number of hydrogen-bond acceptors (Lipinski definition) is 2. The van der Waals surface area contributed by atoms with Crippen molar-refractivity contribution < 1.29 is 4.79 Å². The molecule has 2 rings (SSSR count). The van der Waals surface area contributed by atoms with Crippen molar-refractivity contribution in [3.63, 3.8) is 0 Å². The minimum absolute atomic E-state index is 0.0291. The Kier molecular flexibility index (Phi) is 5.73. The van der Waals surface area contributed by atoms with Crippen molar-refractivity contribution >= 4 is 5.91 Å². The SMILES string of the molecule is Cc1ccc(CN(C)CC(=O)N[C@H](C)c2ccccc2)cc1. The molecule has 0 radical (unpaired) electrons. The molecule has 0 aliphatic carbocycles. The summed E-state index contributed by atoms with van der Waals surface area (Å²) in [5.41, 5.74) is 3.59. The van der Waals surface area contributed by atoms with E-state index >= 15 is 0 Å². The molecule has 1 atom stereocenters. The Morgan fingerprint density at radius 2 is 1.73 bits per heavy atom. The number of likely N-dealkylation sites (N-methyl/N-ethyl adjacent to an activating group) is 1. The number of hydrogen-bond donors (Lipinski definition) is 1. The van der Waals surface area contributed by atoms with E-state index in [1.807, 2.05) is 49.2 Å². The highest BCUT2D eigenvalue weighted by atomic mass is 16.2. The van der Waals surface area contributed by atoms with Gasteiger partial charge in [0.25, 0.3) is 0 Å². The van der Waals surface area contributed by atoms with Gasteiger partial charge in [-0.2, -0.15) is 0 Å². The zero-order valence-corrected chi connectivity index (χ0v) is 13.5. The lowest BCUT2D eigenvalue weighted by molar-refractivity contribution is -0.122. The quantitative estimate of drug-likeness (QED) is 0.887. The number of aryl methyl sites for hydroxylation is 1. The molecule has 0 heterocycles. The monoisotopic (exact) mass is 296 g/mol. The largest absolute Gasteiger partial charge is 0.348 e. The number of nitrogens with zero attached hydrogens (tertiary/aromatic N) is 1. The second-order valence-electron chi connectivity index (χ2n) is 5.86. The second kappa shape index (κ2) is 7.76. The molecule has 0 bridgehead atoms. The predicted octanol–water partition coefficient (Wildman–Crippen LogP) is 3.30. The Morgan fingerprint density at radius 1 is 1.09 bits per heavy atom. The van der Waals surface area contributed by atoms with Crippen LogP contribution in [-0.2, 0) is 11.3 Å². The molecule has 2 aromatic rings. The Morgan fingerprint density at radius 3 is 2.36 bits per heavy atom. The summed E-state index contributed by atoms with van der Waals surface area (Å²) in [4.78, 5) is 14.2. The molecule has 0 spiro atoms. The third-order valence-electron chi connectivity index (χ3n) is 3.66. The first-order chi connectivity index (χ1) is 10.5. The number of rotatable bonds is 6. The second-order valence-corrected chi connectivity index (χ2v) is 5.86. The van der Waals surface area contributed by atoms with Crippen LogP contribution in [0.25, 0.3) is 0 Å². The molecule has 0 fully saturated rings. The average Bonchev–Trinajstić information content (AvgIpc) is 2.50. The van der Waals surface area contributed by atoms with Crippen molar-refractivity contribution in [1.29, 1.82) is 0 Å². The fraction of sp³-hybridized carbons (Fsp3) is 0.316. The summed E-state index contributed by atoms with van der Waals surface area (Å²) in [6, 6.07) is 18.5. The molecule has 0 aliphatic rings. The van der Waals surface area contributed by atoms with E-state index in [9.17, 15) is 4.79 Å². The maximum atomic E-state index is 12.1. The molecule has 3 nitrogen and oxygen atoms in total. The van der Waals surface area contributed by atoms with Crippen molar-refractivity contribution in [3.8, 4) is 0 Å². The summed E-state index contributed by atoms with van der Waals surface area (Å²) in [6.45, 7) is 5.25. The molecule has 3 heteroatoms. The molecule has 0 aliphatic heterocycles. The Bertz CT molecular complexity index is 593. The third kappa shape index (κ3) is 5.01. The van der Waals surface area contributed by atoms with Gasteiger partial charge in [0, 0.05) is 6.54 Å². The van der Waals surface area contributed by atoms with Crippen LogP contribution in [0.5, 0.6) is 0 Å². The van der Waals surface area contributed by atoms with Crippen molar-refractivity contribution in [1.82, 2.24) is 10.2 Å². The Hall–Kier alpha value is -2.13. The average molecular weight is 296 g/mol. The molecular weight excluding hydrogens is 272 g/mol. The van der Waals surface area contributed by atoms with E-state index in [1.165, 1.54) is 11.1 Å². The summed E-state index contributed by atoms with van der Waals surface area (Å²) >= 11 is 0. The Labute approximate surface area is 133 Å². The highest BCUT2D eigenvalue weighted by Gasteiger charge is 2.11. The maximum Gasteiger partial charge on any atom is 0.234 e. The minimum atomic E-state index is 0.0291.